The topological polar surface area (TPSA) is 248 Å². The monoisotopic (exact) mass is 512 g/mol. The zero-order valence-corrected chi connectivity index (χ0v) is 19.5. The number of imidazole rings is 1. The average molecular weight is 513 g/mol. The number of hydrogen-bond donors (Lipinski definition) is 6. The second kappa shape index (κ2) is 9.01. The summed E-state index contributed by atoms with van der Waals surface area (Å²) in [5.41, 5.74) is 12.9. The number of benzene rings is 1. The summed E-state index contributed by atoms with van der Waals surface area (Å²) in [4.78, 5) is 11.9. The molecule has 0 aliphatic carbocycles. The van der Waals surface area contributed by atoms with E-state index < -0.39 is 42.5 Å². The Morgan fingerprint density at radius 1 is 1.26 bits per heavy atom. The Bertz CT molecular complexity index is 1380. The maximum absolute atomic E-state index is 13.0. The van der Waals surface area contributed by atoms with Crippen LogP contribution in [0.25, 0.3) is 0 Å². The number of nitrogens with two attached hydrogens (primary N) is 3. The van der Waals surface area contributed by atoms with E-state index in [9.17, 15) is 21.9 Å². The van der Waals surface area contributed by atoms with Gasteiger partial charge in [0.2, 0.25) is 20.0 Å². The molecule has 3 heterocycles. The van der Waals surface area contributed by atoms with Gasteiger partial charge in [-0.2, -0.15) is 5.11 Å². The number of nitrogens with zero attached hydrogens (tertiary/aromatic N) is 5. The zero-order valence-electron chi connectivity index (χ0n) is 17.8. The van der Waals surface area contributed by atoms with Crippen molar-refractivity contribution in [3.63, 3.8) is 0 Å². The van der Waals surface area contributed by atoms with E-state index in [-0.39, 0.29) is 30.6 Å². The van der Waals surface area contributed by atoms with Crippen LogP contribution in [0, 0.1) is 0 Å². The van der Waals surface area contributed by atoms with E-state index >= 15 is 0 Å². The smallest absolute Gasteiger partial charge is 0.242 e. The predicted molar refractivity (Wildman–Crippen MR) is 122 cm³/mol. The Balaban J connectivity index is 1.88. The molecule has 0 radical (unpaired) electrons. The number of aromatic amines is 1. The van der Waals surface area contributed by atoms with Gasteiger partial charge in [0, 0.05) is 31.7 Å². The summed E-state index contributed by atoms with van der Waals surface area (Å²) in [7, 11) is -9.03. The Kier molecular flexibility index (Phi) is 6.40. The van der Waals surface area contributed by atoms with E-state index in [0.29, 0.717) is 25.2 Å². The molecule has 17 heteroatoms. The van der Waals surface area contributed by atoms with Gasteiger partial charge >= 0.3 is 0 Å². The number of nitrogens with one attached hydrogen (secondary N) is 2. The molecule has 184 valence electrons. The van der Waals surface area contributed by atoms with Gasteiger partial charge in [0.15, 0.2) is 18.5 Å². The number of aliphatic imine (C=N–C) groups is 1. The van der Waals surface area contributed by atoms with Crippen molar-refractivity contribution >= 4 is 37.5 Å². The predicted octanol–water partition coefficient (Wildman–Crippen LogP) is -2.03. The Hall–Kier alpha value is -2.96. The highest BCUT2D eigenvalue weighted by Gasteiger charge is 2.34. The molecule has 1 aromatic carbocycles. The van der Waals surface area contributed by atoms with Gasteiger partial charge in [-0.05, 0) is 12.1 Å². The number of hydrogen-bond acceptors (Lipinski definition) is 12. The number of primary sulfonamides is 1. The minimum atomic E-state index is -4.60. The van der Waals surface area contributed by atoms with Crippen molar-refractivity contribution in [3.05, 3.63) is 29.1 Å². The largest absolute Gasteiger partial charge is 0.390 e. The van der Waals surface area contributed by atoms with Crippen LogP contribution < -0.4 is 26.2 Å². The number of H-pyrrole nitrogens is 1. The molecule has 2 aromatic rings. The standard InChI is InChI=1S/C17H24N10O5S2/c18-5-9(28)6-23-34(31,32)13-2-1-12(27-4-3-10-11(7-27)25-17(19)24-10)14(15(13)33(20,29)30)16-21-8-22-26-16/h1-2,9,23,28H,3-8,18H2,(H3,19,24,25)(H2,20,29,30)/t9-/m1/s1. The Morgan fingerprint density at radius 2 is 2.03 bits per heavy atom. The summed E-state index contributed by atoms with van der Waals surface area (Å²) in [6.45, 7) is 0.0790. The lowest BCUT2D eigenvalue weighted by Gasteiger charge is -2.31. The third kappa shape index (κ3) is 4.65. The Morgan fingerprint density at radius 3 is 2.68 bits per heavy atom. The number of azo groups is 1. The number of rotatable bonds is 8. The quantitative estimate of drug-likeness (QED) is 0.228. The summed E-state index contributed by atoms with van der Waals surface area (Å²) in [5, 5.41) is 22.9. The molecule has 1 aromatic heterocycles. The van der Waals surface area contributed by atoms with Crippen LogP contribution in [0.1, 0.15) is 17.0 Å². The molecule has 0 unspecified atom stereocenters. The van der Waals surface area contributed by atoms with Gasteiger partial charge in [-0.3, -0.25) is 0 Å². The maximum atomic E-state index is 13.0. The van der Waals surface area contributed by atoms with Gasteiger partial charge in [0.05, 0.1) is 29.6 Å². The van der Waals surface area contributed by atoms with E-state index in [2.05, 4.69) is 29.9 Å². The molecule has 0 spiro atoms. The van der Waals surface area contributed by atoms with Crippen molar-refractivity contribution in [2.45, 2.75) is 28.9 Å². The molecule has 0 bridgehead atoms. The van der Waals surface area contributed by atoms with Gasteiger partial charge in [-0.1, -0.05) is 0 Å². The molecule has 2 aliphatic heterocycles. The number of aliphatic hydroxyl groups is 1. The minimum Gasteiger partial charge on any atom is -0.390 e. The first kappa shape index (κ1) is 24.2. The molecular formula is C17H24N10O5S2. The number of fused-ring (bicyclic) bond motifs is 1. The van der Waals surface area contributed by atoms with Gasteiger partial charge in [-0.25, -0.2) is 36.7 Å². The normalized spacial score (nSPS) is 17.0. The molecule has 4 rings (SSSR count). The van der Waals surface area contributed by atoms with E-state index in [4.69, 9.17) is 16.6 Å². The fourth-order valence-electron chi connectivity index (χ4n) is 3.77. The van der Waals surface area contributed by atoms with Crippen LogP contribution in [0.2, 0.25) is 0 Å². The number of amidine groups is 1. The third-order valence-electron chi connectivity index (χ3n) is 5.32. The number of sulfonamides is 2. The van der Waals surface area contributed by atoms with Crippen LogP contribution in [0.4, 0.5) is 11.6 Å². The highest BCUT2D eigenvalue weighted by molar-refractivity contribution is 7.92. The van der Waals surface area contributed by atoms with Crippen molar-refractivity contribution in [1.29, 1.82) is 0 Å². The van der Waals surface area contributed by atoms with Gasteiger partial charge in [-0.15, -0.1) is 5.11 Å². The summed E-state index contributed by atoms with van der Waals surface area (Å²) in [6, 6.07) is 2.60. The fraction of sp³-hybridized carbons (Fsp3) is 0.412. The average Bonchev–Trinajstić information content (AvgIpc) is 3.44. The highest BCUT2D eigenvalue weighted by atomic mass is 32.2. The molecule has 0 saturated carbocycles. The molecule has 15 nitrogen and oxygen atoms in total. The molecule has 2 aliphatic rings. The highest BCUT2D eigenvalue weighted by Crippen LogP contribution is 2.36. The number of nitrogen functional groups attached to an aromatic ring is 1. The van der Waals surface area contributed by atoms with Crippen molar-refractivity contribution in [2.75, 3.05) is 36.9 Å². The molecule has 9 N–H and O–H groups in total. The SMILES string of the molecule is NC[C@@H](O)CNS(=O)(=O)c1ccc(N2CCc3nc(N)[nH]c3C2)c(C2=NCN=N2)c1S(N)(=O)=O. The van der Waals surface area contributed by atoms with E-state index in [1.165, 1.54) is 6.07 Å². The van der Waals surface area contributed by atoms with E-state index in [0.717, 1.165) is 17.5 Å². The first-order valence-corrected chi connectivity index (χ1v) is 13.1. The minimum absolute atomic E-state index is 0.0437. The van der Waals surface area contributed by atoms with Crippen LogP contribution in [-0.2, 0) is 33.0 Å². The van der Waals surface area contributed by atoms with Crippen LogP contribution in [0.15, 0.2) is 37.1 Å². The van der Waals surface area contributed by atoms with Gasteiger partial charge < -0.3 is 26.5 Å². The lowest BCUT2D eigenvalue weighted by molar-refractivity contribution is 0.186. The van der Waals surface area contributed by atoms with Gasteiger partial charge in [0.1, 0.15) is 9.79 Å². The summed E-state index contributed by atoms with van der Waals surface area (Å²) in [6.07, 6.45) is -0.649. The summed E-state index contributed by atoms with van der Waals surface area (Å²) < 4.78 is 53.7. The molecule has 0 amide bonds. The molecule has 0 saturated heterocycles. The van der Waals surface area contributed by atoms with Crippen LogP contribution in [0.5, 0.6) is 0 Å². The molecule has 0 fully saturated rings. The molecule has 1 atom stereocenters. The fourth-order valence-corrected chi connectivity index (χ4v) is 6.44. The van der Waals surface area contributed by atoms with Crippen LogP contribution >= 0.6 is 0 Å². The third-order valence-corrected chi connectivity index (χ3v) is 7.91. The van der Waals surface area contributed by atoms with Crippen molar-refractivity contribution in [2.24, 2.45) is 26.1 Å². The second-order valence-electron chi connectivity index (χ2n) is 7.66. The van der Waals surface area contributed by atoms with Crippen LogP contribution in [-0.4, -0.2) is 70.2 Å². The summed E-state index contributed by atoms with van der Waals surface area (Å²) in [5.74, 6) is 0.200. The van der Waals surface area contributed by atoms with E-state index in [1.807, 2.05) is 4.90 Å². The number of anilines is 2. The number of aromatic nitrogens is 2. The second-order valence-corrected chi connectivity index (χ2v) is 10.9. The van der Waals surface area contributed by atoms with Crippen molar-refractivity contribution in [1.82, 2.24) is 14.7 Å². The van der Waals surface area contributed by atoms with Gasteiger partial charge in [0.25, 0.3) is 0 Å². The molecule has 34 heavy (non-hydrogen) atoms. The first-order valence-electron chi connectivity index (χ1n) is 10.1. The maximum Gasteiger partial charge on any atom is 0.242 e. The Labute approximate surface area is 195 Å². The first-order chi connectivity index (χ1) is 16.0. The lowest BCUT2D eigenvalue weighted by Crippen LogP contribution is -2.37. The lowest BCUT2D eigenvalue weighted by atomic mass is 10.1. The van der Waals surface area contributed by atoms with Crippen LogP contribution in [0.3, 0.4) is 0 Å². The van der Waals surface area contributed by atoms with Crippen molar-refractivity contribution in [3.8, 4) is 0 Å². The molecular weight excluding hydrogens is 488 g/mol. The van der Waals surface area contributed by atoms with Crippen molar-refractivity contribution < 1.29 is 21.9 Å². The number of aliphatic hydroxyl groups excluding tert-OH is 1. The zero-order chi connectivity index (χ0) is 24.7. The summed E-state index contributed by atoms with van der Waals surface area (Å²) >= 11 is 0. The van der Waals surface area contributed by atoms with E-state index in [1.54, 1.807) is 0 Å².